The molecular formula is C39H42F8N10O5. The molecule has 334 valence electrons. The van der Waals surface area contributed by atoms with Gasteiger partial charge in [0.2, 0.25) is 11.9 Å². The Hall–Kier alpha value is -6.10. The smallest absolute Gasteiger partial charge is 0.421 e. The number of halogens is 8. The third-order valence-corrected chi connectivity index (χ3v) is 9.63. The summed E-state index contributed by atoms with van der Waals surface area (Å²) in [6.45, 7) is 6.63. The number of anilines is 6. The summed E-state index contributed by atoms with van der Waals surface area (Å²) in [6, 6.07) is 5.49. The summed E-state index contributed by atoms with van der Waals surface area (Å²) in [5.41, 5.74) is -1.26. The molecule has 62 heavy (non-hydrogen) atoms. The van der Waals surface area contributed by atoms with E-state index in [2.05, 4.69) is 41.2 Å². The van der Waals surface area contributed by atoms with Gasteiger partial charge in [-0.3, -0.25) is 9.59 Å². The van der Waals surface area contributed by atoms with Gasteiger partial charge in [0.25, 0.3) is 11.8 Å². The molecule has 1 aliphatic carbocycles. The van der Waals surface area contributed by atoms with Gasteiger partial charge in [0.05, 0.1) is 50.5 Å². The number of carbonyl (C=O) groups excluding carboxylic acids is 2. The Kier molecular flexibility index (Phi) is 14.1. The number of ether oxygens (including phenoxy) is 3. The maximum atomic E-state index is 14.5. The summed E-state index contributed by atoms with van der Waals surface area (Å²) >= 11 is 0. The number of nitrogens with one attached hydrogen (secondary N) is 4. The minimum absolute atomic E-state index is 0.00824. The summed E-state index contributed by atoms with van der Waals surface area (Å²) in [4.78, 5) is 43.5. The number of amides is 2. The molecule has 0 unspecified atom stereocenters. The van der Waals surface area contributed by atoms with E-state index < -0.39 is 58.1 Å². The zero-order valence-corrected chi connectivity index (χ0v) is 33.6. The Morgan fingerprint density at radius 1 is 0.758 bits per heavy atom. The number of rotatable bonds is 11. The average molecular weight is 883 g/mol. The number of hydrogen-bond donors (Lipinski definition) is 4. The Morgan fingerprint density at radius 3 is 1.79 bits per heavy atom. The Morgan fingerprint density at radius 2 is 1.27 bits per heavy atom. The SMILES string of the molecule is CCNc1nc(Nc2ccc(C(=O)N3CCOCC3)c(F)c2F)ncc1C(F)(F)F.COc1cc(C(=O)N2CCOCC2)c(C)cc1Nc1ncc(C(F)(F)F)c(NC2CC2)n1. The first-order valence-corrected chi connectivity index (χ1v) is 19.3. The standard InChI is InChI=1S/C21H24F3N5O3.C18H18F5N5O2/c1-12-9-16(17(31-2)10-14(12)19(30)29-5-7-32-8-6-29)27-20-25-11-15(21(22,23)24)18(28-20)26-13-3-4-13;1-2-24-15-11(18(21,22)23)9-25-17(27-15)26-12-4-3-10(13(19)14(12)20)16(29)28-5-7-30-8-6-28/h9-11,13H,3-8H2,1-2H3,(H2,25,26,27,28);3-4,9H,2,5-8H2,1H3,(H2,24,25,26,27). The van der Waals surface area contributed by atoms with E-state index in [1.807, 2.05) is 0 Å². The van der Waals surface area contributed by atoms with Gasteiger partial charge in [0.1, 0.15) is 28.5 Å². The molecule has 1 saturated carbocycles. The second-order valence-corrected chi connectivity index (χ2v) is 14.1. The van der Waals surface area contributed by atoms with Crippen LogP contribution in [-0.4, -0.2) is 114 Å². The highest BCUT2D eigenvalue weighted by atomic mass is 19.4. The van der Waals surface area contributed by atoms with Crippen LogP contribution in [0.5, 0.6) is 5.75 Å². The average Bonchev–Trinajstić information content (AvgIpc) is 4.06. The van der Waals surface area contributed by atoms with E-state index >= 15 is 0 Å². The predicted octanol–water partition coefficient (Wildman–Crippen LogP) is 7.02. The lowest BCUT2D eigenvalue weighted by molar-refractivity contribution is -0.138. The van der Waals surface area contributed by atoms with E-state index in [0.29, 0.717) is 68.3 Å². The molecule has 2 saturated heterocycles. The lowest BCUT2D eigenvalue weighted by Crippen LogP contribution is -2.41. The van der Waals surface area contributed by atoms with Gasteiger partial charge in [-0.1, -0.05) is 0 Å². The van der Waals surface area contributed by atoms with E-state index in [0.717, 1.165) is 31.2 Å². The van der Waals surface area contributed by atoms with Crippen molar-refractivity contribution in [1.82, 2.24) is 29.7 Å². The summed E-state index contributed by atoms with van der Waals surface area (Å²) in [5, 5.41) is 10.5. The molecule has 2 aromatic heterocycles. The van der Waals surface area contributed by atoms with Crippen molar-refractivity contribution in [1.29, 1.82) is 0 Å². The zero-order valence-electron chi connectivity index (χ0n) is 33.6. The third kappa shape index (κ3) is 11.0. The molecule has 2 aromatic carbocycles. The summed E-state index contributed by atoms with van der Waals surface area (Å²) in [6.07, 6.45) is -6.35. The van der Waals surface area contributed by atoms with Crippen molar-refractivity contribution < 1.29 is 58.9 Å². The molecule has 2 aliphatic heterocycles. The van der Waals surface area contributed by atoms with Crippen molar-refractivity contribution in [3.63, 3.8) is 0 Å². The van der Waals surface area contributed by atoms with Crippen LogP contribution < -0.4 is 26.0 Å². The van der Waals surface area contributed by atoms with Gasteiger partial charge in [-0.15, -0.1) is 0 Å². The zero-order chi connectivity index (χ0) is 44.8. The highest BCUT2D eigenvalue weighted by Gasteiger charge is 2.38. The van der Waals surface area contributed by atoms with Crippen molar-refractivity contribution in [2.24, 2.45) is 0 Å². The monoisotopic (exact) mass is 882 g/mol. The normalized spacial score (nSPS) is 15.6. The van der Waals surface area contributed by atoms with Crippen LogP contribution in [0.3, 0.4) is 0 Å². The highest BCUT2D eigenvalue weighted by molar-refractivity contribution is 5.97. The number of carbonyl (C=O) groups is 2. The summed E-state index contributed by atoms with van der Waals surface area (Å²) < 4.78 is 124. The number of alkyl halides is 6. The maximum Gasteiger partial charge on any atom is 0.421 e. The number of aromatic nitrogens is 4. The largest absolute Gasteiger partial charge is 0.495 e. The molecular weight excluding hydrogens is 840 g/mol. The Labute approximate surface area is 349 Å². The molecule has 2 amide bonds. The van der Waals surface area contributed by atoms with Crippen LogP contribution in [0, 0.1) is 18.6 Å². The van der Waals surface area contributed by atoms with Gasteiger partial charge >= 0.3 is 12.4 Å². The molecule has 0 bridgehead atoms. The summed E-state index contributed by atoms with van der Waals surface area (Å²) in [5.74, 6) is -4.34. The van der Waals surface area contributed by atoms with Gasteiger partial charge in [0.15, 0.2) is 11.6 Å². The molecule has 0 atom stereocenters. The van der Waals surface area contributed by atoms with Crippen molar-refractivity contribution in [2.75, 3.05) is 87.5 Å². The lowest BCUT2D eigenvalue weighted by Gasteiger charge is -2.27. The van der Waals surface area contributed by atoms with Crippen LogP contribution in [0.15, 0.2) is 36.7 Å². The van der Waals surface area contributed by atoms with E-state index in [9.17, 15) is 44.7 Å². The molecule has 7 rings (SSSR count). The van der Waals surface area contributed by atoms with Crippen molar-refractivity contribution >= 4 is 46.7 Å². The number of benzene rings is 2. The molecule has 15 nitrogen and oxygen atoms in total. The van der Waals surface area contributed by atoms with Crippen LogP contribution in [0.4, 0.5) is 70.0 Å². The van der Waals surface area contributed by atoms with Crippen LogP contribution in [-0.2, 0) is 21.8 Å². The molecule has 0 radical (unpaired) electrons. The second kappa shape index (κ2) is 19.3. The molecule has 3 fully saturated rings. The molecule has 0 spiro atoms. The molecule has 3 aliphatic rings. The Bertz CT molecular complexity index is 2250. The first-order chi connectivity index (χ1) is 29.5. The maximum absolute atomic E-state index is 14.5. The first-order valence-electron chi connectivity index (χ1n) is 19.3. The van der Waals surface area contributed by atoms with Crippen molar-refractivity contribution in [2.45, 2.75) is 45.1 Å². The minimum Gasteiger partial charge on any atom is -0.495 e. The minimum atomic E-state index is -4.69. The predicted molar refractivity (Wildman–Crippen MR) is 209 cm³/mol. The second-order valence-electron chi connectivity index (χ2n) is 14.1. The van der Waals surface area contributed by atoms with Crippen molar-refractivity contribution in [3.8, 4) is 5.75 Å². The Balaban J connectivity index is 0.000000207. The van der Waals surface area contributed by atoms with Crippen LogP contribution >= 0.6 is 0 Å². The van der Waals surface area contributed by atoms with Crippen LogP contribution in [0.2, 0.25) is 0 Å². The summed E-state index contributed by atoms with van der Waals surface area (Å²) in [7, 11) is 1.45. The van der Waals surface area contributed by atoms with E-state index in [-0.39, 0.29) is 49.3 Å². The number of methoxy groups -OCH3 is 1. The molecule has 4 heterocycles. The number of hydrogen-bond acceptors (Lipinski definition) is 13. The highest BCUT2D eigenvalue weighted by Crippen LogP contribution is 2.38. The van der Waals surface area contributed by atoms with Crippen molar-refractivity contribution in [3.05, 3.63) is 76.1 Å². The lowest BCUT2D eigenvalue weighted by atomic mass is 10.1. The fourth-order valence-corrected chi connectivity index (χ4v) is 6.24. The molecule has 4 aromatic rings. The van der Waals surface area contributed by atoms with Gasteiger partial charge in [0, 0.05) is 56.7 Å². The third-order valence-electron chi connectivity index (χ3n) is 9.63. The van der Waals surface area contributed by atoms with E-state index in [1.165, 1.54) is 12.0 Å². The fraction of sp³-hybridized carbons (Fsp3) is 0.436. The van der Waals surface area contributed by atoms with Gasteiger partial charge in [-0.05, 0) is 56.5 Å². The van der Waals surface area contributed by atoms with Crippen LogP contribution in [0.25, 0.3) is 0 Å². The topological polar surface area (TPSA) is 168 Å². The van der Waals surface area contributed by atoms with E-state index in [4.69, 9.17) is 14.2 Å². The number of nitrogens with zero attached hydrogens (tertiary/aromatic N) is 6. The fourth-order valence-electron chi connectivity index (χ4n) is 6.24. The quantitative estimate of drug-likeness (QED) is 0.114. The van der Waals surface area contributed by atoms with Crippen LogP contribution in [0.1, 0.15) is 57.2 Å². The van der Waals surface area contributed by atoms with Gasteiger partial charge in [-0.2, -0.15) is 36.3 Å². The molecule has 23 heteroatoms. The van der Waals surface area contributed by atoms with Gasteiger partial charge in [-0.25, -0.2) is 18.7 Å². The van der Waals surface area contributed by atoms with E-state index in [1.54, 1.807) is 30.9 Å². The number of aryl methyl sites for hydroxylation is 1. The van der Waals surface area contributed by atoms with Gasteiger partial charge < -0.3 is 45.3 Å². The molecule has 4 N–H and O–H groups in total. The number of morpholine rings is 2. The first kappa shape index (κ1) is 45.4.